The molecule has 1 aliphatic carbocycles. The van der Waals surface area contributed by atoms with Gasteiger partial charge in [0.15, 0.2) is 11.5 Å². The van der Waals surface area contributed by atoms with Crippen molar-refractivity contribution in [2.75, 3.05) is 19.8 Å². The van der Waals surface area contributed by atoms with Crippen molar-refractivity contribution in [1.82, 2.24) is 0 Å². The maximum Gasteiger partial charge on any atom is 0.165 e. The third kappa shape index (κ3) is 1.53. The van der Waals surface area contributed by atoms with Gasteiger partial charge in [-0.05, 0) is 37.8 Å². The average molecular weight is 233 g/mol. The molecule has 3 rings (SSSR count). The number of aryl methyl sites for hydroxylation is 1. The molecule has 92 valence electrons. The molecule has 2 N–H and O–H groups in total. The van der Waals surface area contributed by atoms with Crippen molar-refractivity contribution in [1.29, 1.82) is 0 Å². The van der Waals surface area contributed by atoms with Gasteiger partial charge < -0.3 is 15.2 Å². The van der Waals surface area contributed by atoms with Crippen molar-refractivity contribution in [3.8, 4) is 11.5 Å². The Morgan fingerprint density at radius 3 is 2.41 bits per heavy atom. The molecule has 1 saturated carbocycles. The lowest BCUT2D eigenvalue weighted by atomic mass is 9.91. The summed E-state index contributed by atoms with van der Waals surface area (Å²) in [5, 5.41) is 0. The first-order valence-corrected chi connectivity index (χ1v) is 6.28. The highest BCUT2D eigenvalue weighted by molar-refractivity contribution is 5.59. The standard InChI is InChI=1S/C14H19NO2/c1-9-7-11(14(8-15)3-4-14)13-12(10(9)2)16-5-6-17-13/h7H,3-6,8,15H2,1-2H3. The van der Waals surface area contributed by atoms with E-state index in [1.165, 1.54) is 29.5 Å². The molecule has 2 aliphatic rings. The number of rotatable bonds is 2. The third-order valence-corrected chi connectivity index (χ3v) is 4.14. The summed E-state index contributed by atoms with van der Waals surface area (Å²) in [6.07, 6.45) is 2.34. The quantitative estimate of drug-likeness (QED) is 0.850. The minimum atomic E-state index is 0.156. The topological polar surface area (TPSA) is 44.5 Å². The Labute approximate surface area is 102 Å². The molecular formula is C14H19NO2. The average Bonchev–Trinajstić information content (AvgIpc) is 3.15. The van der Waals surface area contributed by atoms with Gasteiger partial charge in [0.1, 0.15) is 13.2 Å². The molecule has 1 fully saturated rings. The number of hydrogen-bond acceptors (Lipinski definition) is 3. The Hall–Kier alpha value is -1.22. The van der Waals surface area contributed by atoms with E-state index in [9.17, 15) is 0 Å². The molecule has 0 spiro atoms. The molecule has 1 heterocycles. The van der Waals surface area contributed by atoms with E-state index in [-0.39, 0.29) is 5.41 Å². The number of ether oxygens (including phenoxy) is 2. The first kappa shape index (κ1) is 10.9. The van der Waals surface area contributed by atoms with Crippen LogP contribution < -0.4 is 15.2 Å². The third-order valence-electron chi connectivity index (χ3n) is 4.14. The summed E-state index contributed by atoms with van der Waals surface area (Å²) in [6.45, 7) is 6.21. The van der Waals surface area contributed by atoms with Gasteiger partial charge >= 0.3 is 0 Å². The Morgan fingerprint density at radius 1 is 1.18 bits per heavy atom. The van der Waals surface area contributed by atoms with Crippen LogP contribution in [-0.4, -0.2) is 19.8 Å². The number of fused-ring (bicyclic) bond motifs is 1. The van der Waals surface area contributed by atoms with E-state index in [0.29, 0.717) is 19.8 Å². The van der Waals surface area contributed by atoms with E-state index < -0.39 is 0 Å². The monoisotopic (exact) mass is 233 g/mol. The summed E-state index contributed by atoms with van der Waals surface area (Å²) in [4.78, 5) is 0. The normalized spacial score (nSPS) is 20.2. The molecule has 1 aliphatic heterocycles. The fourth-order valence-electron chi connectivity index (χ4n) is 2.59. The SMILES string of the molecule is Cc1cc(C2(CN)CC2)c2c(c1C)OCCO2. The van der Waals surface area contributed by atoms with Crippen molar-refractivity contribution < 1.29 is 9.47 Å². The minimum Gasteiger partial charge on any atom is -0.486 e. The van der Waals surface area contributed by atoms with Crippen LogP contribution in [0.4, 0.5) is 0 Å². The maximum absolute atomic E-state index is 5.93. The predicted octanol–water partition coefficient (Wildman–Crippen LogP) is 2.06. The van der Waals surface area contributed by atoms with E-state index in [2.05, 4.69) is 19.9 Å². The van der Waals surface area contributed by atoms with Crippen LogP contribution >= 0.6 is 0 Å². The van der Waals surface area contributed by atoms with Crippen LogP contribution in [0.1, 0.15) is 29.5 Å². The molecule has 3 heteroatoms. The van der Waals surface area contributed by atoms with Crippen LogP contribution in [-0.2, 0) is 5.41 Å². The molecule has 1 aromatic rings. The van der Waals surface area contributed by atoms with Gasteiger partial charge in [0.05, 0.1) is 0 Å². The van der Waals surface area contributed by atoms with Crippen LogP contribution in [0.3, 0.4) is 0 Å². The van der Waals surface area contributed by atoms with Gasteiger partial charge in [0, 0.05) is 17.5 Å². The predicted molar refractivity (Wildman–Crippen MR) is 66.9 cm³/mol. The zero-order chi connectivity index (χ0) is 12.0. The second-order valence-electron chi connectivity index (χ2n) is 5.21. The Bertz CT molecular complexity index is 464. The van der Waals surface area contributed by atoms with Gasteiger partial charge in [-0.15, -0.1) is 0 Å². The fraction of sp³-hybridized carbons (Fsp3) is 0.571. The molecule has 1 aromatic carbocycles. The second-order valence-corrected chi connectivity index (χ2v) is 5.21. The fourth-order valence-corrected chi connectivity index (χ4v) is 2.59. The van der Waals surface area contributed by atoms with Crippen LogP contribution in [0.5, 0.6) is 11.5 Å². The summed E-state index contributed by atoms with van der Waals surface area (Å²) in [7, 11) is 0. The highest BCUT2D eigenvalue weighted by atomic mass is 16.6. The highest BCUT2D eigenvalue weighted by Gasteiger charge is 2.46. The van der Waals surface area contributed by atoms with Crippen molar-refractivity contribution in [2.24, 2.45) is 5.73 Å². The lowest BCUT2D eigenvalue weighted by molar-refractivity contribution is 0.167. The van der Waals surface area contributed by atoms with E-state index in [1.807, 2.05) is 0 Å². The number of hydrogen-bond donors (Lipinski definition) is 1. The largest absolute Gasteiger partial charge is 0.486 e. The van der Waals surface area contributed by atoms with Gasteiger partial charge in [0.2, 0.25) is 0 Å². The number of nitrogens with two attached hydrogens (primary N) is 1. The zero-order valence-corrected chi connectivity index (χ0v) is 10.5. The lowest BCUT2D eigenvalue weighted by Crippen LogP contribution is -2.24. The molecule has 0 aromatic heterocycles. The smallest absolute Gasteiger partial charge is 0.165 e. The summed E-state index contributed by atoms with van der Waals surface area (Å²) in [5.41, 5.74) is 9.80. The lowest BCUT2D eigenvalue weighted by Gasteiger charge is -2.27. The Kier molecular flexibility index (Phi) is 2.33. The summed E-state index contributed by atoms with van der Waals surface area (Å²) < 4.78 is 11.6. The van der Waals surface area contributed by atoms with Crippen LogP contribution in [0.2, 0.25) is 0 Å². The van der Waals surface area contributed by atoms with Crippen molar-refractivity contribution in [3.05, 3.63) is 22.8 Å². The molecule has 0 amide bonds. The van der Waals surface area contributed by atoms with E-state index in [4.69, 9.17) is 15.2 Å². The Balaban J connectivity index is 2.18. The molecule has 0 radical (unpaired) electrons. The molecule has 0 bridgehead atoms. The molecular weight excluding hydrogens is 214 g/mol. The summed E-state index contributed by atoms with van der Waals surface area (Å²) in [6, 6.07) is 2.24. The molecule has 0 atom stereocenters. The summed E-state index contributed by atoms with van der Waals surface area (Å²) in [5.74, 6) is 1.88. The van der Waals surface area contributed by atoms with Gasteiger partial charge in [0.25, 0.3) is 0 Å². The Morgan fingerprint density at radius 2 is 1.82 bits per heavy atom. The maximum atomic E-state index is 5.93. The zero-order valence-electron chi connectivity index (χ0n) is 10.5. The molecule has 17 heavy (non-hydrogen) atoms. The van der Waals surface area contributed by atoms with Crippen molar-refractivity contribution >= 4 is 0 Å². The first-order valence-electron chi connectivity index (χ1n) is 6.28. The van der Waals surface area contributed by atoms with Gasteiger partial charge in [-0.2, -0.15) is 0 Å². The highest BCUT2D eigenvalue weighted by Crippen LogP contribution is 2.54. The van der Waals surface area contributed by atoms with Crippen LogP contribution in [0, 0.1) is 13.8 Å². The molecule has 3 nitrogen and oxygen atoms in total. The summed E-state index contributed by atoms with van der Waals surface area (Å²) >= 11 is 0. The molecule has 0 saturated heterocycles. The second kappa shape index (κ2) is 3.64. The van der Waals surface area contributed by atoms with E-state index in [0.717, 1.165) is 11.5 Å². The van der Waals surface area contributed by atoms with Crippen molar-refractivity contribution in [2.45, 2.75) is 32.1 Å². The van der Waals surface area contributed by atoms with Gasteiger partial charge in [-0.3, -0.25) is 0 Å². The first-order chi connectivity index (χ1) is 8.18. The molecule has 0 unspecified atom stereocenters. The van der Waals surface area contributed by atoms with Crippen LogP contribution in [0.15, 0.2) is 6.07 Å². The number of benzene rings is 1. The van der Waals surface area contributed by atoms with Crippen LogP contribution in [0.25, 0.3) is 0 Å². The van der Waals surface area contributed by atoms with E-state index in [1.54, 1.807) is 0 Å². The van der Waals surface area contributed by atoms with Gasteiger partial charge in [-0.25, -0.2) is 0 Å². The van der Waals surface area contributed by atoms with Crippen molar-refractivity contribution in [3.63, 3.8) is 0 Å². The minimum absolute atomic E-state index is 0.156. The van der Waals surface area contributed by atoms with E-state index >= 15 is 0 Å². The van der Waals surface area contributed by atoms with Gasteiger partial charge in [-0.1, -0.05) is 6.07 Å².